The number of carbonyl (C=O) groups excluding carboxylic acids is 1. The molecular formula is C36H40N4O6S. The second-order valence-corrected chi connectivity index (χ2v) is 13.6. The average molecular weight is 657 g/mol. The summed E-state index contributed by atoms with van der Waals surface area (Å²) < 4.78 is 39.1. The van der Waals surface area contributed by atoms with Gasteiger partial charge in [0.15, 0.2) is 21.5 Å². The average Bonchev–Trinajstić information content (AvgIpc) is 3.50. The van der Waals surface area contributed by atoms with E-state index in [0.29, 0.717) is 36.4 Å². The topological polar surface area (TPSA) is 130 Å². The molecular weight excluding hydrogens is 616 g/mol. The van der Waals surface area contributed by atoms with Crippen molar-refractivity contribution in [2.75, 3.05) is 38.0 Å². The predicted octanol–water partition coefficient (Wildman–Crippen LogP) is 4.46. The quantitative estimate of drug-likeness (QED) is 0.126. The Morgan fingerprint density at radius 3 is 2.23 bits per heavy atom. The molecule has 0 saturated heterocycles. The van der Waals surface area contributed by atoms with E-state index in [4.69, 9.17) is 19.6 Å². The van der Waals surface area contributed by atoms with E-state index in [0.717, 1.165) is 11.3 Å². The number of aliphatic imine (C=N–C) groups is 1. The van der Waals surface area contributed by atoms with Gasteiger partial charge in [-0.05, 0) is 59.7 Å². The first kappa shape index (κ1) is 33.6. The first-order chi connectivity index (χ1) is 22.7. The van der Waals surface area contributed by atoms with Crippen molar-refractivity contribution in [3.05, 3.63) is 126 Å². The number of anilines is 1. The summed E-state index contributed by atoms with van der Waals surface area (Å²) in [5.41, 5.74) is 7.49. The van der Waals surface area contributed by atoms with E-state index in [2.05, 4.69) is 10.9 Å². The van der Waals surface area contributed by atoms with Gasteiger partial charge < -0.3 is 19.5 Å². The fraction of sp³-hybridized carbons (Fsp3) is 0.278. The maximum atomic E-state index is 14.3. The molecule has 0 unspecified atom stereocenters. The zero-order valence-corrected chi connectivity index (χ0v) is 27.3. The van der Waals surface area contributed by atoms with Crippen molar-refractivity contribution in [1.82, 2.24) is 10.9 Å². The lowest BCUT2D eigenvalue weighted by atomic mass is 9.85. The summed E-state index contributed by atoms with van der Waals surface area (Å²) >= 11 is 0. The molecule has 47 heavy (non-hydrogen) atoms. The zero-order chi connectivity index (χ0) is 33.3. The van der Waals surface area contributed by atoms with Gasteiger partial charge in [-0.2, -0.15) is 0 Å². The maximum absolute atomic E-state index is 14.3. The summed E-state index contributed by atoms with van der Waals surface area (Å²) in [4.78, 5) is 21.4. The van der Waals surface area contributed by atoms with Crippen molar-refractivity contribution in [2.45, 2.75) is 35.9 Å². The van der Waals surface area contributed by atoms with Crippen LogP contribution < -0.4 is 20.5 Å². The lowest BCUT2D eigenvalue weighted by Gasteiger charge is -2.30. The Labute approximate surface area is 276 Å². The monoisotopic (exact) mass is 656 g/mol. The third-order valence-electron chi connectivity index (χ3n) is 7.93. The number of hydrazine groups is 1. The molecule has 3 N–H and O–H groups in total. The van der Waals surface area contributed by atoms with Gasteiger partial charge in [0, 0.05) is 51.3 Å². The molecule has 4 aromatic carbocycles. The molecule has 1 aliphatic heterocycles. The van der Waals surface area contributed by atoms with Crippen LogP contribution >= 0.6 is 0 Å². The highest BCUT2D eigenvalue weighted by Gasteiger charge is 2.53. The smallest absolute Gasteiger partial charge is 0.266 e. The van der Waals surface area contributed by atoms with E-state index in [1.165, 1.54) is 0 Å². The van der Waals surface area contributed by atoms with Crippen LogP contribution in [0.25, 0.3) is 0 Å². The van der Waals surface area contributed by atoms with Crippen LogP contribution in [0, 0.1) is 0 Å². The van der Waals surface area contributed by atoms with Gasteiger partial charge in [-0.3, -0.25) is 10.2 Å². The van der Waals surface area contributed by atoms with E-state index in [-0.39, 0.29) is 29.6 Å². The molecule has 0 aliphatic carbocycles. The van der Waals surface area contributed by atoms with E-state index >= 15 is 0 Å². The molecule has 0 aromatic heterocycles. The lowest BCUT2D eigenvalue weighted by Crippen LogP contribution is -2.53. The number of aliphatic hydroxyl groups is 1. The summed E-state index contributed by atoms with van der Waals surface area (Å²) in [5, 5.41) is 9.05. The van der Waals surface area contributed by atoms with Crippen molar-refractivity contribution in [3.8, 4) is 5.75 Å². The Morgan fingerprint density at radius 2 is 1.60 bits per heavy atom. The highest BCUT2D eigenvalue weighted by Crippen LogP contribution is 2.43. The van der Waals surface area contributed by atoms with Gasteiger partial charge in [-0.25, -0.2) is 18.8 Å². The number of amides is 1. The summed E-state index contributed by atoms with van der Waals surface area (Å²) in [6.07, 6.45) is -0.540. The molecule has 1 heterocycles. The molecule has 1 aliphatic rings. The molecule has 10 nitrogen and oxygen atoms in total. The van der Waals surface area contributed by atoms with Crippen LogP contribution in [0.3, 0.4) is 0 Å². The van der Waals surface area contributed by atoms with Crippen molar-refractivity contribution in [1.29, 1.82) is 0 Å². The molecule has 246 valence electrons. The molecule has 11 heteroatoms. The number of sulfone groups is 1. The largest absolute Gasteiger partial charge is 0.494 e. The Hall–Kier alpha value is -4.71. The van der Waals surface area contributed by atoms with Gasteiger partial charge in [0.05, 0.1) is 17.3 Å². The van der Waals surface area contributed by atoms with Crippen LogP contribution in [0.4, 0.5) is 5.69 Å². The minimum Gasteiger partial charge on any atom is -0.494 e. The van der Waals surface area contributed by atoms with E-state index in [9.17, 15) is 13.2 Å². The number of carbonyl (C=O) groups is 1. The van der Waals surface area contributed by atoms with Gasteiger partial charge in [-0.15, -0.1) is 0 Å². The number of hydrogen-bond acceptors (Lipinski definition) is 9. The fourth-order valence-corrected chi connectivity index (χ4v) is 6.67. The third-order valence-corrected chi connectivity index (χ3v) is 9.67. The van der Waals surface area contributed by atoms with Crippen LogP contribution in [-0.4, -0.2) is 63.9 Å². The number of aliphatic hydroxyl groups excluding tert-OH is 1. The highest BCUT2D eigenvalue weighted by molar-refractivity contribution is 7.91. The zero-order valence-electron chi connectivity index (χ0n) is 26.5. The minimum absolute atomic E-state index is 0.0331. The van der Waals surface area contributed by atoms with Crippen molar-refractivity contribution >= 4 is 27.3 Å². The van der Waals surface area contributed by atoms with Crippen molar-refractivity contribution in [2.24, 2.45) is 4.99 Å². The maximum Gasteiger partial charge on any atom is 0.266 e. The fourth-order valence-electron chi connectivity index (χ4n) is 5.28. The van der Waals surface area contributed by atoms with Gasteiger partial charge in [0.1, 0.15) is 5.75 Å². The molecule has 1 amide bonds. The van der Waals surface area contributed by atoms with Gasteiger partial charge >= 0.3 is 0 Å². The van der Waals surface area contributed by atoms with E-state index < -0.39 is 27.4 Å². The van der Waals surface area contributed by atoms with E-state index in [1.54, 1.807) is 54.6 Å². The molecule has 0 fully saturated rings. The second-order valence-electron chi connectivity index (χ2n) is 11.5. The van der Waals surface area contributed by atoms with Crippen LogP contribution in [-0.2, 0) is 25.9 Å². The first-order valence-corrected chi connectivity index (χ1v) is 17.1. The predicted molar refractivity (Wildman–Crippen MR) is 182 cm³/mol. The number of hydrogen-bond donors (Lipinski definition) is 3. The van der Waals surface area contributed by atoms with Gasteiger partial charge in [0.25, 0.3) is 5.91 Å². The second kappa shape index (κ2) is 15.3. The molecule has 0 saturated carbocycles. The normalized spacial score (nSPS) is 17.4. The highest BCUT2D eigenvalue weighted by atomic mass is 32.2. The SMILES string of the molecule is CN(C)c1ccc(CNNC(=O)[C@@]2(CCS(=O)(=O)c3ccccc3)N=C(c3ccc(OCCCO)cc3)O[C@H]2c2ccccc2)cc1. The van der Waals surface area contributed by atoms with Crippen molar-refractivity contribution in [3.63, 3.8) is 0 Å². The van der Waals surface area contributed by atoms with E-state index in [1.807, 2.05) is 73.6 Å². The Bertz CT molecular complexity index is 1750. The summed E-state index contributed by atoms with van der Waals surface area (Å²) in [5.74, 6) is -0.0238. The molecule has 0 radical (unpaired) electrons. The van der Waals surface area contributed by atoms with Crippen LogP contribution in [0.5, 0.6) is 5.75 Å². The standard InChI is InChI=1S/C36H40N4O6S/c1-40(2)30-18-14-27(15-19-30)26-37-39-35(42)36(22-25-47(43,44)32-12-7-4-8-13-32)33(28-10-5-3-6-11-28)46-34(38-36)29-16-20-31(21-17-29)45-24-9-23-41/h3-8,10-21,33,37,41H,9,22-26H2,1-2H3,(H,39,42)/t33-,36-/m0/s1. The van der Waals surface area contributed by atoms with Gasteiger partial charge in [-0.1, -0.05) is 60.7 Å². The summed E-state index contributed by atoms with van der Waals surface area (Å²) in [6, 6.07) is 32.4. The summed E-state index contributed by atoms with van der Waals surface area (Å²) in [7, 11) is 0.170. The lowest BCUT2D eigenvalue weighted by molar-refractivity contribution is -0.130. The third kappa shape index (κ3) is 8.18. The van der Waals surface area contributed by atoms with Crippen LogP contribution in [0.1, 0.15) is 35.6 Å². The molecule has 2 atom stereocenters. The first-order valence-electron chi connectivity index (χ1n) is 15.4. The number of nitrogens with one attached hydrogen (secondary N) is 2. The number of nitrogens with zero attached hydrogens (tertiary/aromatic N) is 2. The Kier molecular flexibility index (Phi) is 10.9. The van der Waals surface area contributed by atoms with Crippen LogP contribution in [0.2, 0.25) is 0 Å². The number of benzene rings is 4. The number of rotatable bonds is 15. The molecule has 5 rings (SSSR count). The van der Waals surface area contributed by atoms with Gasteiger partial charge in [0.2, 0.25) is 5.90 Å². The van der Waals surface area contributed by atoms with Crippen LogP contribution in [0.15, 0.2) is 119 Å². The molecule has 0 bridgehead atoms. The van der Waals surface area contributed by atoms with Crippen molar-refractivity contribution < 1.29 is 27.8 Å². The number of ether oxygens (including phenoxy) is 2. The Balaban J connectivity index is 1.47. The Morgan fingerprint density at radius 1 is 0.936 bits per heavy atom. The minimum atomic E-state index is -3.76. The summed E-state index contributed by atoms with van der Waals surface area (Å²) in [6.45, 7) is 0.740. The molecule has 0 spiro atoms. The molecule has 4 aromatic rings.